The summed E-state index contributed by atoms with van der Waals surface area (Å²) < 4.78 is 0. The first-order valence-corrected chi connectivity index (χ1v) is 6.04. The number of hydrogen-bond donors (Lipinski definition) is 2. The Morgan fingerprint density at radius 2 is 2.00 bits per heavy atom. The van der Waals surface area contributed by atoms with E-state index in [0.717, 1.165) is 13.1 Å². The van der Waals surface area contributed by atoms with Gasteiger partial charge in [0.15, 0.2) is 0 Å². The maximum atomic E-state index is 12.0. The fraction of sp³-hybridized carbons (Fsp3) is 0.818. The van der Waals surface area contributed by atoms with Gasteiger partial charge in [-0.25, -0.2) is 4.79 Å². The van der Waals surface area contributed by atoms with E-state index < -0.39 is 5.54 Å². The maximum Gasteiger partial charge on any atom is 0.324 e. The number of rotatable bonds is 2. The first kappa shape index (κ1) is 12.3. The van der Waals surface area contributed by atoms with E-state index in [-0.39, 0.29) is 11.9 Å². The third kappa shape index (κ3) is 1.91. The van der Waals surface area contributed by atoms with Gasteiger partial charge in [-0.1, -0.05) is 0 Å². The number of imide groups is 1. The van der Waals surface area contributed by atoms with Crippen LogP contribution in [0.5, 0.6) is 0 Å². The number of amides is 3. The maximum absolute atomic E-state index is 12.0. The van der Waals surface area contributed by atoms with Crippen molar-refractivity contribution < 1.29 is 9.59 Å². The molecule has 0 saturated carbocycles. The zero-order valence-electron chi connectivity index (χ0n) is 10.4. The molecular weight excluding hydrogens is 220 g/mol. The van der Waals surface area contributed by atoms with Gasteiger partial charge in [0.1, 0.15) is 5.54 Å². The zero-order valence-corrected chi connectivity index (χ0v) is 10.4. The molecule has 0 aromatic rings. The predicted octanol–water partition coefficient (Wildman–Crippen LogP) is -0.650. The largest absolute Gasteiger partial charge is 0.329 e. The molecule has 2 rings (SSSR count). The van der Waals surface area contributed by atoms with Crippen LogP contribution in [0.3, 0.4) is 0 Å². The Morgan fingerprint density at radius 3 is 2.41 bits per heavy atom. The quantitative estimate of drug-likeness (QED) is 0.629. The minimum Gasteiger partial charge on any atom is -0.329 e. The van der Waals surface area contributed by atoms with Gasteiger partial charge < -0.3 is 11.1 Å². The molecule has 6 heteroatoms. The monoisotopic (exact) mass is 240 g/mol. The summed E-state index contributed by atoms with van der Waals surface area (Å²) in [5, 5.41) is 2.83. The summed E-state index contributed by atoms with van der Waals surface area (Å²) >= 11 is 0. The molecule has 0 radical (unpaired) electrons. The van der Waals surface area contributed by atoms with E-state index in [1.54, 1.807) is 0 Å². The number of piperidine rings is 1. The van der Waals surface area contributed by atoms with Gasteiger partial charge in [0.05, 0.1) is 0 Å². The van der Waals surface area contributed by atoms with E-state index in [0.29, 0.717) is 25.4 Å². The molecule has 1 spiro atoms. The lowest BCUT2D eigenvalue weighted by molar-refractivity contribution is -0.132. The Labute approximate surface area is 101 Å². The molecule has 17 heavy (non-hydrogen) atoms. The van der Waals surface area contributed by atoms with Crippen molar-refractivity contribution in [3.63, 3.8) is 0 Å². The summed E-state index contributed by atoms with van der Waals surface area (Å²) in [5.41, 5.74) is 4.98. The van der Waals surface area contributed by atoms with Crippen LogP contribution in [0.1, 0.15) is 19.8 Å². The molecule has 2 aliphatic heterocycles. The first-order chi connectivity index (χ1) is 8.00. The van der Waals surface area contributed by atoms with Gasteiger partial charge in [0, 0.05) is 32.7 Å². The number of likely N-dealkylation sites (N-methyl/N-ethyl adjacent to an activating group) is 1. The lowest BCUT2D eigenvalue weighted by atomic mass is 9.87. The molecule has 2 aliphatic rings. The molecule has 6 nitrogen and oxygen atoms in total. The second-order valence-electron chi connectivity index (χ2n) is 5.00. The van der Waals surface area contributed by atoms with Gasteiger partial charge in [0.2, 0.25) is 0 Å². The van der Waals surface area contributed by atoms with Crippen LogP contribution in [-0.2, 0) is 4.79 Å². The molecule has 2 heterocycles. The Kier molecular flexibility index (Phi) is 3.09. The molecular formula is C11H20N4O2. The van der Waals surface area contributed by atoms with Crippen LogP contribution in [0, 0.1) is 0 Å². The Balaban J connectivity index is 2.04. The van der Waals surface area contributed by atoms with E-state index >= 15 is 0 Å². The summed E-state index contributed by atoms with van der Waals surface area (Å²) in [5.74, 6) is -0.0949. The van der Waals surface area contributed by atoms with Gasteiger partial charge in [-0.2, -0.15) is 0 Å². The molecule has 0 bridgehead atoms. The minimum atomic E-state index is -0.656. The molecule has 0 aliphatic carbocycles. The lowest BCUT2D eigenvalue weighted by Crippen LogP contribution is -2.56. The summed E-state index contributed by atoms with van der Waals surface area (Å²) in [4.78, 5) is 27.0. The van der Waals surface area contributed by atoms with Gasteiger partial charge in [-0.3, -0.25) is 14.6 Å². The van der Waals surface area contributed by atoms with Crippen molar-refractivity contribution in [1.82, 2.24) is 15.1 Å². The van der Waals surface area contributed by atoms with E-state index in [9.17, 15) is 9.59 Å². The molecule has 0 aromatic heterocycles. The van der Waals surface area contributed by atoms with Crippen LogP contribution in [0.25, 0.3) is 0 Å². The molecule has 1 atom stereocenters. The van der Waals surface area contributed by atoms with E-state index in [2.05, 4.69) is 17.1 Å². The first-order valence-electron chi connectivity index (χ1n) is 6.04. The molecule has 0 aromatic carbocycles. The average molecular weight is 240 g/mol. The van der Waals surface area contributed by atoms with Crippen LogP contribution in [0.2, 0.25) is 0 Å². The number of nitrogens with zero attached hydrogens (tertiary/aromatic N) is 2. The van der Waals surface area contributed by atoms with Crippen molar-refractivity contribution in [2.24, 2.45) is 5.73 Å². The lowest BCUT2D eigenvalue weighted by Gasteiger charge is -2.39. The summed E-state index contributed by atoms with van der Waals surface area (Å²) in [6.45, 7) is 4.31. The normalized spacial score (nSPS) is 26.4. The van der Waals surface area contributed by atoms with Crippen LogP contribution >= 0.6 is 0 Å². The highest BCUT2D eigenvalue weighted by molar-refractivity contribution is 6.06. The Hall–Kier alpha value is -1.14. The van der Waals surface area contributed by atoms with Crippen LogP contribution in [0.15, 0.2) is 0 Å². The van der Waals surface area contributed by atoms with Crippen LogP contribution < -0.4 is 11.1 Å². The minimum absolute atomic E-state index is 0.0949. The van der Waals surface area contributed by atoms with E-state index in [4.69, 9.17) is 5.73 Å². The van der Waals surface area contributed by atoms with Crippen LogP contribution in [0.4, 0.5) is 4.79 Å². The molecule has 1 unspecified atom stereocenters. The standard InChI is InChI=1S/C11H20N4O2/c1-8(7-12)15-5-3-11(4-6-15)9(16)14(2)10(17)13-11/h8H,3-7,12H2,1-2H3,(H,13,17). The number of likely N-dealkylation sites (tertiary alicyclic amines) is 1. The molecule has 2 fully saturated rings. The second-order valence-corrected chi connectivity index (χ2v) is 5.00. The molecule has 3 amide bonds. The van der Waals surface area contributed by atoms with Gasteiger partial charge in [-0.05, 0) is 19.8 Å². The van der Waals surface area contributed by atoms with E-state index in [1.165, 1.54) is 11.9 Å². The van der Waals surface area contributed by atoms with Crippen molar-refractivity contribution in [2.75, 3.05) is 26.7 Å². The van der Waals surface area contributed by atoms with Gasteiger partial charge >= 0.3 is 6.03 Å². The van der Waals surface area contributed by atoms with Crippen molar-refractivity contribution in [1.29, 1.82) is 0 Å². The number of carbonyl (C=O) groups excluding carboxylic acids is 2. The molecule has 3 N–H and O–H groups in total. The van der Waals surface area contributed by atoms with Gasteiger partial charge in [0.25, 0.3) is 5.91 Å². The number of nitrogens with one attached hydrogen (secondary N) is 1. The van der Waals surface area contributed by atoms with Crippen molar-refractivity contribution in [3.05, 3.63) is 0 Å². The molecule has 96 valence electrons. The third-order valence-electron chi connectivity index (χ3n) is 3.98. The SMILES string of the molecule is CC(CN)N1CCC2(CC1)NC(=O)N(C)C2=O. The fourth-order valence-corrected chi connectivity index (χ4v) is 2.59. The Morgan fingerprint density at radius 1 is 1.41 bits per heavy atom. The highest BCUT2D eigenvalue weighted by Crippen LogP contribution is 2.29. The number of carbonyl (C=O) groups is 2. The van der Waals surface area contributed by atoms with Crippen molar-refractivity contribution >= 4 is 11.9 Å². The number of nitrogens with two attached hydrogens (primary N) is 1. The summed E-state index contributed by atoms with van der Waals surface area (Å²) in [6.07, 6.45) is 1.35. The topological polar surface area (TPSA) is 78.7 Å². The average Bonchev–Trinajstić information content (AvgIpc) is 2.55. The molecule has 2 saturated heterocycles. The Bertz CT molecular complexity index is 336. The number of hydrogen-bond acceptors (Lipinski definition) is 4. The smallest absolute Gasteiger partial charge is 0.324 e. The second kappa shape index (κ2) is 4.27. The summed E-state index contributed by atoms with van der Waals surface area (Å²) in [6, 6.07) is 0.0487. The summed E-state index contributed by atoms with van der Waals surface area (Å²) in [7, 11) is 1.53. The zero-order chi connectivity index (χ0) is 12.6. The fourth-order valence-electron chi connectivity index (χ4n) is 2.59. The van der Waals surface area contributed by atoms with Crippen molar-refractivity contribution in [3.8, 4) is 0 Å². The van der Waals surface area contributed by atoms with E-state index in [1.807, 2.05) is 0 Å². The highest BCUT2D eigenvalue weighted by atomic mass is 16.2. The third-order valence-corrected chi connectivity index (χ3v) is 3.98. The number of urea groups is 1. The van der Waals surface area contributed by atoms with Crippen molar-refractivity contribution in [2.45, 2.75) is 31.3 Å². The van der Waals surface area contributed by atoms with Gasteiger partial charge in [-0.15, -0.1) is 0 Å². The highest BCUT2D eigenvalue weighted by Gasteiger charge is 2.51. The predicted molar refractivity (Wildman–Crippen MR) is 63.4 cm³/mol. The van der Waals surface area contributed by atoms with Crippen LogP contribution in [-0.4, -0.2) is 60.0 Å².